The van der Waals surface area contributed by atoms with Gasteiger partial charge in [-0.1, -0.05) is 60.4 Å². The highest BCUT2D eigenvalue weighted by molar-refractivity contribution is 7.10. The molecule has 0 amide bonds. The molecule has 0 aliphatic carbocycles. The van der Waals surface area contributed by atoms with Crippen molar-refractivity contribution in [2.45, 2.75) is 19.5 Å². The van der Waals surface area contributed by atoms with Crippen LogP contribution in [0.5, 0.6) is 0 Å². The van der Waals surface area contributed by atoms with E-state index in [1.54, 1.807) is 11.3 Å². The summed E-state index contributed by atoms with van der Waals surface area (Å²) in [5, 5.41) is 5.69. The summed E-state index contributed by atoms with van der Waals surface area (Å²) in [6.45, 7) is 3.06. The molecule has 0 unspecified atom stereocenters. The van der Waals surface area contributed by atoms with Crippen LogP contribution in [0.1, 0.15) is 34.5 Å². The number of rotatable bonds is 4. The summed E-state index contributed by atoms with van der Waals surface area (Å²) in [6.07, 6.45) is 0. The number of nitrogens with one attached hydrogen (secondary N) is 1. The molecule has 1 N–H and O–H groups in total. The number of benzene rings is 2. The third-order valence-corrected chi connectivity index (χ3v) is 4.60. The van der Waals surface area contributed by atoms with Crippen molar-refractivity contribution >= 4 is 11.3 Å². The lowest BCUT2D eigenvalue weighted by Gasteiger charge is -2.13. The molecule has 23 heavy (non-hydrogen) atoms. The van der Waals surface area contributed by atoms with Crippen LogP contribution in [0.3, 0.4) is 0 Å². The fraction of sp³-hybridized carbons (Fsp3) is 0.143. The highest BCUT2D eigenvalue weighted by atomic mass is 32.1. The second-order valence-electron chi connectivity index (χ2n) is 5.43. The molecule has 114 valence electrons. The van der Waals surface area contributed by atoms with Crippen LogP contribution >= 0.6 is 11.3 Å². The van der Waals surface area contributed by atoms with E-state index < -0.39 is 0 Å². The predicted molar refractivity (Wildman–Crippen MR) is 98.4 cm³/mol. The predicted octanol–water partition coefficient (Wildman–Crippen LogP) is 5.00. The van der Waals surface area contributed by atoms with E-state index in [1.807, 2.05) is 36.4 Å². The molecule has 2 heteroatoms. The molecule has 1 aromatic heterocycles. The summed E-state index contributed by atoms with van der Waals surface area (Å²) < 4.78 is 0. The lowest BCUT2D eigenvalue weighted by Crippen LogP contribution is -2.17. The molecule has 0 bridgehead atoms. The molecular formula is C21H19NS. The van der Waals surface area contributed by atoms with Crippen molar-refractivity contribution in [3.63, 3.8) is 0 Å². The molecule has 0 aliphatic rings. The van der Waals surface area contributed by atoms with Crippen LogP contribution in [0, 0.1) is 11.8 Å². The first kappa shape index (κ1) is 15.6. The summed E-state index contributed by atoms with van der Waals surface area (Å²) >= 11 is 1.76. The third kappa shape index (κ3) is 4.56. The molecular weight excluding hydrogens is 298 g/mol. The number of hydrogen-bond donors (Lipinski definition) is 1. The molecule has 3 aromatic rings. The Morgan fingerprint density at radius 3 is 2.30 bits per heavy atom. The van der Waals surface area contributed by atoms with E-state index in [0.717, 1.165) is 17.7 Å². The number of hydrogen-bond acceptors (Lipinski definition) is 2. The van der Waals surface area contributed by atoms with Crippen LogP contribution in [0.25, 0.3) is 0 Å². The van der Waals surface area contributed by atoms with Gasteiger partial charge in [-0.25, -0.2) is 0 Å². The van der Waals surface area contributed by atoms with Crippen molar-refractivity contribution in [2.24, 2.45) is 0 Å². The molecule has 0 aliphatic heterocycles. The van der Waals surface area contributed by atoms with Gasteiger partial charge in [-0.2, -0.15) is 0 Å². The Kier molecular flexibility index (Phi) is 5.26. The quantitative estimate of drug-likeness (QED) is 0.668. The maximum Gasteiger partial charge on any atom is 0.0359 e. The molecule has 0 fully saturated rings. The SMILES string of the molecule is C[C@@H](NCc1cc(C#Cc2ccccc2)cs1)c1ccccc1. The highest BCUT2D eigenvalue weighted by Crippen LogP contribution is 2.17. The molecule has 1 heterocycles. The molecule has 2 aromatic carbocycles. The van der Waals surface area contributed by atoms with Crippen molar-refractivity contribution in [3.8, 4) is 11.8 Å². The zero-order chi connectivity index (χ0) is 15.9. The molecule has 0 saturated heterocycles. The van der Waals surface area contributed by atoms with Gasteiger partial charge < -0.3 is 5.32 Å². The second kappa shape index (κ2) is 7.78. The molecule has 0 radical (unpaired) electrons. The zero-order valence-corrected chi connectivity index (χ0v) is 13.9. The first-order valence-corrected chi connectivity index (χ1v) is 8.62. The van der Waals surface area contributed by atoms with Gasteiger partial charge in [0, 0.05) is 34.0 Å². The fourth-order valence-electron chi connectivity index (χ4n) is 2.32. The van der Waals surface area contributed by atoms with Gasteiger partial charge in [-0.3, -0.25) is 0 Å². The average molecular weight is 317 g/mol. The van der Waals surface area contributed by atoms with Crippen molar-refractivity contribution in [1.82, 2.24) is 5.32 Å². The van der Waals surface area contributed by atoms with Gasteiger partial charge >= 0.3 is 0 Å². The van der Waals surface area contributed by atoms with Crippen LogP contribution in [0.4, 0.5) is 0 Å². The third-order valence-electron chi connectivity index (χ3n) is 3.66. The van der Waals surface area contributed by atoms with Gasteiger partial charge in [0.1, 0.15) is 0 Å². The monoisotopic (exact) mass is 317 g/mol. The molecule has 3 rings (SSSR count). The van der Waals surface area contributed by atoms with E-state index in [0.29, 0.717) is 6.04 Å². The van der Waals surface area contributed by atoms with Crippen LogP contribution in [-0.4, -0.2) is 0 Å². The van der Waals surface area contributed by atoms with Crippen LogP contribution in [-0.2, 0) is 6.54 Å². The smallest absolute Gasteiger partial charge is 0.0359 e. The average Bonchev–Trinajstić information content (AvgIpc) is 3.07. The minimum absolute atomic E-state index is 0.345. The van der Waals surface area contributed by atoms with Gasteiger partial charge in [0.05, 0.1) is 0 Å². The van der Waals surface area contributed by atoms with E-state index in [9.17, 15) is 0 Å². The van der Waals surface area contributed by atoms with Crippen molar-refractivity contribution in [1.29, 1.82) is 0 Å². The molecule has 1 nitrogen and oxygen atoms in total. The summed E-state index contributed by atoms with van der Waals surface area (Å²) in [5.74, 6) is 6.43. The standard InChI is InChI=1S/C21H19NS/c1-17(20-10-6-3-7-11-20)22-15-21-14-19(16-23-21)13-12-18-8-4-2-5-9-18/h2-11,14,16-17,22H,15H2,1H3/t17-/m1/s1. The Hall–Kier alpha value is -2.34. The van der Waals surface area contributed by atoms with Crippen LogP contribution in [0.2, 0.25) is 0 Å². The van der Waals surface area contributed by atoms with Crippen molar-refractivity contribution in [3.05, 3.63) is 93.7 Å². The molecule has 0 spiro atoms. The Bertz CT molecular complexity index is 794. The minimum Gasteiger partial charge on any atom is -0.305 e. The van der Waals surface area contributed by atoms with Crippen LogP contribution in [0.15, 0.2) is 72.1 Å². The fourth-order valence-corrected chi connectivity index (χ4v) is 3.08. The zero-order valence-electron chi connectivity index (χ0n) is 13.1. The van der Waals surface area contributed by atoms with E-state index >= 15 is 0 Å². The van der Waals surface area contributed by atoms with E-state index in [1.165, 1.54) is 10.4 Å². The van der Waals surface area contributed by atoms with Gasteiger partial charge in [0.2, 0.25) is 0 Å². The molecule has 0 saturated carbocycles. The second-order valence-corrected chi connectivity index (χ2v) is 6.43. The Morgan fingerprint density at radius 1 is 0.913 bits per heavy atom. The summed E-state index contributed by atoms with van der Waals surface area (Å²) in [5.41, 5.74) is 3.45. The summed E-state index contributed by atoms with van der Waals surface area (Å²) in [4.78, 5) is 1.31. The van der Waals surface area contributed by atoms with E-state index in [2.05, 4.69) is 59.8 Å². The Balaban J connectivity index is 1.59. The van der Waals surface area contributed by atoms with Gasteiger partial charge in [-0.15, -0.1) is 11.3 Å². The maximum absolute atomic E-state index is 3.56. The topological polar surface area (TPSA) is 12.0 Å². The first-order valence-electron chi connectivity index (χ1n) is 7.74. The van der Waals surface area contributed by atoms with Crippen LogP contribution < -0.4 is 5.32 Å². The minimum atomic E-state index is 0.345. The van der Waals surface area contributed by atoms with Gasteiger partial charge in [0.25, 0.3) is 0 Å². The first-order chi connectivity index (χ1) is 11.3. The summed E-state index contributed by atoms with van der Waals surface area (Å²) in [6, 6.07) is 23.1. The van der Waals surface area contributed by atoms with Gasteiger partial charge in [0.15, 0.2) is 0 Å². The lowest BCUT2D eigenvalue weighted by atomic mass is 10.1. The highest BCUT2D eigenvalue weighted by Gasteiger charge is 2.05. The largest absolute Gasteiger partial charge is 0.305 e. The Morgan fingerprint density at radius 2 is 1.57 bits per heavy atom. The van der Waals surface area contributed by atoms with Crippen molar-refractivity contribution < 1.29 is 0 Å². The van der Waals surface area contributed by atoms with E-state index in [4.69, 9.17) is 0 Å². The normalized spacial score (nSPS) is 11.5. The van der Waals surface area contributed by atoms with E-state index in [-0.39, 0.29) is 0 Å². The Labute approximate surface area is 142 Å². The number of thiophene rings is 1. The lowest BCUT2D eigenvalue weighted by molar-refractivity contribution is 0.579. The molecule has 1 atom stereocenters. The summed E-state index contributed by atoms with van der Waals surface area (Å²) in [7, 11) is 0. The van der Waals surface area contributed by atoms with Crippen molar-refractivity contribution in [2.75, 3.05) is 0 Å². The van der Waals surface area contributed by atoms with Gasteiger partial charge in [-0.05, 0) is 30.7 Å². The maximum atomic E-state index is 3.56.